The van der Waals surface area contributed by atoms with Crippen molar-refractivity contribution in [2.75, 3.05) is 31.1 Å². The Morgan fingerprint density at radius 2 is 1.67 bits per heavy atom. The fraction of sp³-hybridized carbons (Fsp3) is 0.381. The van der Waals surface area contributed by atoms with Crippen LogP contribution in [0, 0.1) is 0 Å². The summed E-state index contributed by atoms with van der Waals surface area (Å²) in [5, 5.41) is 6.82. The highest BCUT2D eigenvalue weighted by Gasteiger charge is 2.32. The number of aromatic nitrogens is 2. The zero-order valence-corrected chi connectivity index (χ0v) is 31.2. The van der Waals surface area contributed by atoms with Gasteiger partial charge in [0.25, 0.3) is 11.8 Å². The highest BCUT2D eigenvalue weighted by molar-refractivity contribution is 6.32. The van der Waals surface area contributed by atoms with Crippen molar-refractivity contribution in [2.45, 2.75) is 75.9 Å². The summed E-state index contributed by atoms with van der Waals surface area (Å²) >= 11 is 6.43. The molecular weight excluding hydrogens is 729 g/mol. The highest BCUT2D eigenvalue weighted by atomic mass is 35.5. The summed E-state index contributed by atoms with van der Waals surface area (Å²) in [6, 6.07) is 13.3. The standard InChI is InChI=1S/C42H44ClF3N6O3/c43-38-12-9-32(24-37(38)29-7-10-36(11-8-29)55-42(44,45)46)41(54)49-34-14-19-51(20-15-34)27-28-6-13-39(48-25-28)52-21-16-35(17-22-52)50-40(53)31-4-1-3-30(23-31)33-5-2-18-47-26-33/h1-2,4-7,9-10,12-13,18,23-26,30,34-35H,3,8,11,14-17,19-22,27H2,(H,49,54)(H,50,53). The van der Waals surface area contributed by atoms with Crippen molar-refractivity contribution in [1.82, 2.24) is 25.5 Å². The van der Waals surface area contributed by atoms with Crippen LogP contribution >= 0.6 is 11.6 Å². The van der Waals surface area contributed by atoms with Gasteiger partial charge in [-0.1, -0.05) is 48.0 Å². The van der Waals surface area contributed by atoms with Gasteiger partial charge in [-0.3, -0.25) is 19.5 Å². The van der Waals surface area contributed by atoms with Crippen molar-refractivity contribution in [3.8, 4) is 0 Å². The van der Waals surface area contributed by atoms with E-state index in [-0.39, 0.29) is 42.0 Å². The number of carbonyl (C=O) groups is 2. The summed E-state index contributed by atoms with van der Waals surface area (Å²) in [5.74, 6) is 0.714. The molecule has 4 heterocycles. The van der Waals surface area contributed by atoms with Crippen LogP contribution in [0.25, 0.3) is 5.57 Å². The fourth-order valence-corrected chi connectivity index (χ4v) is 7.87. The molecule has 7 rings (SSSR count). The predicted octanol–water partition coefficient (Wildman–Crippen LogP) is 7.88. The largest absolute Gasteiger partial charge is 0.572 e. The number of benzene rings is 1. The molecule has 1 atom stereocenters. The SMILES string of the molecule is O=C(NC1CCN(c2ccc(CN3CCC(NC(=O)c4ccc(Cl)c(C5=CC=C(OC(F)(F)F)CC5)c4)CC3)cn2)CC1)C1=CC(c2cccnc2)CC=C1. The van der Waals surface area contributed by atoms with E-state index >= 15 is 0 Å². The van der Waals surface area contributed by atoms with E-state index in [9.17, 15) is 22.8 Å². The molecule has 1 aromatic carbocycles. The number of halogens is 4. The summed E-state index contributed by atoms with van der Waals surface area (Å²) in [5.41, 5.74) is 4.77. The van der Waals surface area contributed by atoms with E-state index in [0.717, 1.165) is 87.3 Å². The number of carbonyl (C=O) groups excluding carboxylic acids is 2. The van der Waals surface area contributed by atoms with Gasteiger partial charge in [0, 0.05) is 91.9 Å². The molecule has 0 saturated carbocycles. The molecule has 288 valence electrons. The number of hydrogen-bond acceptors (Lipinski definition) is 7. The van der Waals surface area contributed by atoms with Crippen molar-refractivity contribution in [3.63, 3.8) is 0 Å². The maximum Gasteiger partial charge on any atom is 0.572 e. The minimum absolute atomic E-state index is 0.0228. The van der Waals surface area contributed by atoms with E-state index < -0.39 is 6.36 Å². The number of nitrogens with one attached hydrogen (secondary N) is 2. The van der Waals surface area contributed by atoms with Crippen LogP contribution in [0.2, 0.25) is 5.02 Å². The molecule has 4 aliphatic rings. The molecule has 2 aromatic heterocycles. The Labute approximate surface area is 324 Å². The maximum atomic E-state index is 13.2. The van der Waals surface area contributed by atoms with Crippen LogP contribution in [-0.2, 0) is 16.1 Å². The first-order valence-electron chi connectivity index (χ1n) is 18.8. The number of rotatable bonds is 10. The number of amides is 2. The third-order valence-electron chi connectivity index (χ3n) is 10.7. The Hall–Kier alpha value is -4.94. The van der Waals surface area contributed by atoms with E-state index in [1.54, 1.807) is 30.5 Å². The number of allylic oxidation sites excluding steroid dienone is 6. The first-order valence-corrected chi connectivity index (χ1v) is 19.2. The van der Waals surface area contributed by atoms with E-state index in [4.69, 9.17) is 16.6 Å². The van der Waals surface area contributed by atoms with Gasteiger partial charge >= 0.3 is 6.36 Å². The zero-order valence-electron chi connectivity index (χ0n) is 30.4. The molecule has 55 heavy (non-hydrogen) atoms. The van der Waals surface area contributed by atoms with Gasteiger partial charge in [0.05, 0.1) is 0 Å². The minimum atomic E-state index is -4.73. The first kappa shape index (κ1) is 38.3. The number of likely N-dealkylation sites (tertiary alicyclic amines) is 1. The van der Waals surface area contributed by atoms with Crippen molar-refractivity contribution < 1.29 is 27.5 Å². The number of nitrogens with zero attached hydrogens (tertiary/aromatic N) is 4. The number of ether oxygens (including phenoxy) is 1. The molecule has 0 spiro atoms. The highest BCUT2D eigenvalue weighted by Crippen LogP contribution is 2.35. The normalized spacial score (nSPS) is 20.0. The van der Waals surface area contributed by atoms with Crippen molar-refractivity contribution in [3.05, 3.63) is 130 Å². The quantitative estimate of drug-likeness (QED) is 0.217. The van der Waals surface area contributed by atoms with Crippen LogP contribution in [0.15, 0.2) is 103 Å². The number of hydrogen-bond donors (Lipinski definition) is 2. The number of anilines is 1. The zero-order chi connectivity index (χ0) is 38.4. The van der Waals surface area contributed by atoms with Crippen LogP contribution in [0.4, 0.5) is 19.0 Å². The minimum Gasteiger partial charge on any atom is -0.410 e. The van der Waals surface area contributed by atoms with Gasteiger partial charge in [0.2, 0.25) is 0 Å². The molecular formula is C42H44ClF3N6O3. The van der Waals surface area contributed by atoms with Crippen LogP contribution in [0.5, 0.6) is 0 Å². The second kappa shape index (κ2) is 17.2. The number of piperidine rings is 2. The average Bonchev–Trinajstić information content (AvgIpc) is 3.19. The molecule has 2 aliphatic carbocycles. The van der Waals surface area contributed by atoms with Crippen LogP contribution in [-0.4, -0.2) is 71.3 Å². The van der Waals surface area contributed by atoms with Crippen LogP contribution in [0.3, 0.4) is 0 Å². The average molecular weight is 773 g/mol. The molecule has 2 aliphatic heterocycles. The number of pyridine rings is 2. The third kappa shape index (κ3) is 10.2. The van der Waals surface area contributed by atoms with Gasteiger partial charge < -0.3 is 20.3 Å². The summed E-state index contributed by atoms with van der Waals surface area (Å²) in [6.45, 7) is 4.07. The lowest BCUT2D eigenvalue weighted by Gasteiger charge is -2.34. The third-order valence-corrected chi connectivity index (χ3v) is 11.0. The molecule has 2 amide bonds. The second-order valence-electron chi connectivity index (χ2n) is 14.5. The Kier molecular flexibility index (Phi) is 12.0. The van der Waals surface area contributed by atoms with Crippen LogP contribution < -0.4 is 15.5 Å². The summed E-state index contributed by atoms with van der Waals surface area (Å²) in [4.78, 5) is 39.9. The summed E-state index contributed by atoms with van der Waals surface area (Å²) in [6.07, 6.45) is 14.3. The molecule has 2 N–H and O–H groups in total. The van der Waals surface area contributed by atoms with Crippen molar-refractivity contribution in [1.29, 1.82) is 0 Å². The van der Waals surface area contributed by atoms with Crippen molar-refractivity contribution >= 4 is 34.8 Å². The van der Waals surface area contributed by atoms with Gasteiger partial charge in [-0.15, -0.1) is 13.2 Å². The second-order valence-corrected chi connectivity index (χ2v) is 14.9. The molecule has 9 nitrogen and oxygen atoms in total. The monoisotopic (exact) mass is 772 g/mol. The Morgan fingerprint density at radius 3 is 2.35 bits per heavy atom. The molecule has 13 heteroatoms. The van der Waals surface area contributed by atoms with Gasteiger partial charge in [-0.25, -0.2) is 4.98 Å². The lowest BCUT2D eigenvalue weighted by atomic mass is 9.90. The fourth-order valence-electron chi connectivity index (χ4n) is 7.63. The van der Waals surface area contributed by atoms with Gasteiger partial charge in [0.1, 0.15) is 11.6 Å². The smallest absolute Gasteiger partial charge is 0.410 e. The lowest BCUT2D eigenvalue weighted by Crippen LogP contribution is -2.45. The molecule has 0 radical (unpaired) electrons. The maximum absolute atomic E-state index is 13.2. The van der Waals surface area contributed by atoms with E-state index in [0.29, 0.717) is 28.1 Å². The molecule has 1 unspecified atom stereocenters. The summed E-state index contributed by atoms with van der Waals surface area (Å²) < 4.78 is 41.8. The van der Waals surface area contributed by atoms with E-state index in [2.05, 4.69) is 48.4 Å². The Morgan fingerprint density at radius 1 is 0.909 bits per heavy atom. The van der Waals surface area contributed by atoms with E-state index in [1.165, 1.54) is 6.08 Å². The lowest BCUT2D eigenvalue weighted by molar-refractivity contribution is -0.306. The number of alkyl halides is 3. The predicted molar refractivity (Wildman–Crippen MR) is 206 cm³/mol. The van der Waals surface area contributed by atoms with Crippen LogP contribution in [0.1, 0.15) is 77.9 Å². The molecule has 2 saturated heterocycles. The Balaban J connectivity index is 0.838. The summed E-state index contributed by atoms with van der Waals surface area (Å²) in [7, 11) is 0. The molecule has 0 bridgehead atoms. The molecule has 3 aromatic rings. The topological polar surface area (TPSA) is 99.7 Å². The Bertz CT molecular complexity index is 1970. The van der Waals surface area contributed by atoms with Gasteiger partial charge in [-0.2, -0.15) is 0 Å². The first-order chi connectivity index (χ1) is 26.6. The van der Waals surface area contributed by atoms with Crippen molar-refractivity contribution in [2.24, 2.45) is 0 Å². The molecule has 2 fully saturated rings. The van der Waals surface area contributed by atoms with Gasteiger partial charge in [-0.05, 0) is 97.2 Å². The van der Waals surface area contributed by atoms with E-state index in [1.807, 2.05) is 36.7 Å². The van der Waals surface area contributed by atoms with Gasteiger partial charge in [0.15, 0.2) is 0 Å².